The second-order valence-corrected chi connectivity index (χ2v) is 1.82. The second kappa shape index (κ2) is 4.61. The van der Waals surface area contributed by atoms with E-state index in [2.05, 4.69) is 0 Å². The van der Waals surface area contributed by atoms with Crippen molar-refractivity contribution in [3.05, 3.63) is 29.8 Å². The molecule has 61 valence electrons. The Bertz CT molecular complexity index is 260. The SMILES string of the molecule is O=C(O)c1ccccc1O.[Tb]. The van der Waals surface area contributed by atoms with Crippen LogP contribution in [0.2, 0.25) is 0 Å². The summed E-state index contributed by atoms with van der Waals surface area (Å²) in [7, 11) is 0. The third kappa shape index (κ3) is 2.71. The quantitative estimate of drug-likeness (QED) is 0.816. The fourth-order valence-corrected chi connectivity index (χ4v) is 0.654. The molecule has 2 N–H and O–H groups in total. The number of carboxylic acid groups (broad SMARTS) is 1. The molecule has 0 bridgehead atoms. The Kier molecular flexibility index (Phi) is 4.52. The molecule has 0 amide bonds. The van der Waals surface area contributed by atoms with E-state index in [0.717, 1.165) is 0 Å². The monoisotopic (exact) mass is 297 g/mol. The summed E-state index contributed by atoms with van der Waals surface area (Å²) < 4.78 is 0. The summed E-state index contributed by atoms with van der Waals surface area (Å²) in [6, 6.07) is 5.81. The number of aromatic carboxylic acids is 1. The van der Waals surface area contributed by atoms with Crippen molar-refractivity contribution in [2.24, 2.45) is 0 Å². The molecule has 0 fully saturated rings. The van der Waals surface area contributed by atoms with E-state index < -0.39 is 5.97 Å². The van der Waals surface area contributed by atoms with E-state index in [0.29, 0.717) is 0 Å². The minimum atomic E-state index is -1.11. The van der Waals surface area contributed by atoms with Gasteiger partial charge in [-0.3, -0.25) is 0 Å². The van der Waals surface area contributed by atoms with Gasteiger partial charge in [-0.25, -0.2) is 4.79 Å². The Labute approximate surface area is 94.5 Å². The van der Waals surface area contributed by atoms with E-state index in [1.165, 1.54) is 12.1 Å². The van der Waals surface area contributed by atoms with Crippen molar-refractivity contribution in [3.8, 4) is 5.75 Å². The molecule has 0 aliphatic rings. The van der Waals surface area contributed by atoms with Gasteiger partial charge in [-0.2, -0.15) is 0 Å². The van der Waals surface area contributed by atoms with E-state index in [9.17, 15) is 4.79 Å². The molecule has 0 saturated carbocycles. The van der Waals surface area contributed by atoms with Crippen molar-refractivity contribution in [2.45, 2.75) is 0 Å². The summed E-state index contributed by atoms with van der Waals surface area (Å²) in [6.07, 6.45) is 0. The van der Waals surface area contributed by atoms with Gasteiger partial charge >= 0.3 is 5.97 Å². The van der Waals surface area contributed by atoms with E-state index in [1.807, 2.05) is 0 Å². The van der Waals surface area contributed by atoms with Crippen LogP contribution < -0.4 is 0 Å². The van der Waals surface area contributed by atoms with Crippen LogP contribution in [0.5, 0.6) is 5.75 Å². The van der Waals surface area contributed by atoms with Gasteiger partial charge in [0.1, 0.15) is 11.3 Å². The Hall–Kier alpha value is -0.224. The Balaban J connectivity index is 0.000001000. The van der Waals surface area contributed by atoms with Crippen LogP contribution in [-0.2, 0) is 0 Å². The van der Waals surface area contributed by atoms with E-state index in [1.54, 1.807) is 12.1 Å². The van der Waals surface area contributed by atoms with Crippen LogP contribution >= 0.6 is 0 Å². The first kappa shape index (κ1) is 10.8. The molecule has 1 aromatic rings. The molecule has 0 unspecified atom stereocenters. The van der Waals surface area contributed by atoms with Crippen molar-refractivity contribution in [2.75, 3.05) is 0 Å². The third-order valence-electron chi connectivity index (χ3n) is 1.13. The summed E-state index contributed by atoms with van der Waals surface area (Å²) in [5.74, 6) is -1.31. The molecule has 11 heavy (non-hydrogen) atoms. The van der Waals surface area contributed by atoms with Crippen molar-refractivity contribution >= 4 is 5.97 Å². The van der Waals surface area contributed by atoms with Crippen molar-refractivity contribution in [1.82, 2.24) is 0 Å². The van der Waals surface area contributed by atoms with Crippen LogP contribution in [0.15, 0.2) is 24.3 Å². The van der Waals surface area contributed by atoms with Gasteiger partial charge in [-0.15, -0.1) is 0 Å². The minimum Gasteiger partial charge on any atom is -0.507 e. The summed E-state index contributed by atoms with van der Waals surface area (Å²) in [4.78, 5) is 10.3. The Morgan fingerprint density at radius 3 is 2.18 bits per heavy atom. The summed E-state index contributed by atoms with van der Waals surface area (Å²) >= 11 is 0. The molecule has 0 atom stereocenters. The average Bonchev–Trinajstić information content (AvgIpc) is 1.88. The molecule has 1 radical (unpaired) electrons. The molecule has 0 aliphatic heterocycles. The summed E-state index contributed by atoms with van der Waals surface area (Å²) in [5.41, 5.74) is -0.0671. The molecule has 4 heteroatoms. The molecular formula is C7H6O3Tb. The molecule has 0 heterocycles. The number of para-hydroxylation sites is 1. The van der Waals surface area contributed by atoms with Crippen molar-refractivity contribution < 1.29 is 53.6 Å². The van der Waals surface area contributed by atoms with Gasteiger partial charge in [0, 0.05) is 38.6 Å². The zero-order valence-electron chi connectivity index (χ0n) is 5.45. The predicted octanol–water partition coefficient (Wildman–Crippen LogP) is 1.09. The molecule has 1 aromatic carbocycles. The first-order valence-electron chi connectivity index (χ1n) is 2.73. The van der Waals surface area contributed by atoms with Crippen LogP contribution in [0.1, 0.15) is 10.4 Å². The Morgan fingerprint density at radius 1 is 1.27 bits per heavy atom. The average molecular weight is 297 g/mol. The number of benzene rings is 1. The van der Waals surface area contributed by atoms with Crippen LogP contribution in [0.4, 0.5) is 0 Å². The molecule has 0 aliphatic carbocycles. The van der Waals surface area contributed by atoms with Gasteiger partial charge in [0.2, 0.25) is 0 Å². The maximum Gasteiger partial charge on any atom is 0.339 e. The van der Waals surface area contributed by atoms with Gasteiger partial charge in [-0.05, 0) is 12.1 Å². The molecule has 3 nitrogen and oxygen atoms in total. The normalized spacial score (nSPS) is 8.36. The van der Waals surface area contributed by atoms with Crippen LogP contribution in [0.25, 0.3) is 0 Å². The molecule has 0 saturated heterocycles. The first-order chi connectivity index (χ1) is 4.72. The number of phenols is 1. The van der Waals surface area contributed by atoms with Crippen LogP contribution in [-0.4, -0.2) is 16.2 Å². The fourth-order valence-electron chi connectivity index (χ4n) is 0.654. The van der Waals surface area contributed by atoms with Crippen LogP contribution in [0.3, 0.4) is 0 Å². The smallest absolute Gasteiger partial charge is 0.339 e. The van der Waals surface area contributed by atoms with Gasteiger partial charge in [-0.1, -0.05) is 12.1 Å². The number of hydrogen-bond acceptors (Lipinski definition) is 2. The molecule has 1 rings (SSSR count). The van der Waals surface area contributed by atoms with Gasteiger partial charge in [0.15, 0.2) is 0 Å². The fraction of sp³-hybridized carbons (Fsp3) is 0. The topological polar surface area (TPSA) is 57.5 Å². The molecule has 0 aromatic heterocycles. The molecular weight excluding hydrogens is 291 g/mol. The second-order valence-electron chi connectivity index (χ2n) is 1.82. The zero-order chi connectivity index (χ0) is 7.56. The van der Waals surface area contributed by atoms with Crippen LogP contribution in [0, 0.1) is 38.6 Å². The number of carbonyl (C=O) groups is 1. The predicted molar refractivity (Wildman–Crippen MR) is 35.1 cm³/mol. The number of aromatic hydroxyl groups is 1. The Morgan fingerprint density at radius 2 is 1.82 bits per heavy atom. The molecule has 0 spiro atoms. The zero-order valence-corrected chi connectivity index (χ0v) is 7.58. The first-order valence-corrected chi connectivity index (χ1v) is 2.73. The number of hydrogen-bond donors (Lipinski definition) is 2. The number of carboxylic acids is 1. The van der Waals surface area contributed by atoms with E-state index in [-0.39, 0.29) is 49.9 Å². The van der Waals surface area contributed by atoms with E-state index in [4.69, 9.17) is 10.2 Å². The van der Waals surface area contributed by atoms with E-state index >= 15 is 0 Å². The number of rotatable bonds is 1. The van der Waals surface area contributed by atoms with Crippen molar-refractivity contribution in [3.63, 3.8) is 0 Å². The van der Waals surface area contributed by atoms with Gasteiger partial charge in [0.25, 0.3) is 0 Å². The van der Waals surface area contributed by atoms with Gasteiger partial charge in [0.05, 0.1) is 0 Å². The maximum absolute atomic E-state index is 10.3. The summed E-state index contributed by atoms with van der Waals surface area (Å²) in [6.45, 7) is 0. The maximum atomic E-state index is 10.3. The summed E-state index contributed by atoms with van der Waals surface area (Å²) in [5, 5.41) is 17.3. The largest absolute Gasteiger partial charge is 0.507 e. The van der Waals surface area contributed by atoms with Gasteiger partial charge < -0.3 is 10.2 Å². The third-order valence-corrected chi connectivity index (χ3v) is 1.13. The standard InChI is InChI=1S/C7H6O3.Tb/c8-6-4-2-1-3-5(6)7(9)10;/h1-4,8H,(H,9,10);. The minimum absolute atomic E-state index is 0. The van der Waals surface area contributed by atoms with Crippen molar-refractivity contribution in [1.29, 1.82) is 0 Å².